The number of carbonyl (C=O) groups is 1. The van der Waals surface area contributed by atoms with E-state index in [1.54, 1.807) is 13.8 Å². The maximum Gasteiger partial charge on any atom is 0.169 e. The molecule has 0 N–H and O–H groups in total. The monoisotopic (exact) mass is 235 g/mol. The molecule has 0 aliphatic heterocycles. The van der Waals surface area contributed by atoms with Crippen molar-refractivity contribution >= 4 is 11.5 Å². The number of anilines is 1. The van der Waals surface area contributed by atoms with Crippen molar-refractivity contribution in [2.45, 2.75) is 33.8 Å². The molecule has 3 nitrogen and oxygen atoms in total. The van der Waals surface area contributed by atoms with Gasteiger partial charge in [0.15, 0.2) is 11.9 Å². The van der Waals surface area contributed by atoms with E-state index >= 15 is 0 Å². The van der Waals surface area contributed by atoms with Gasteiger partial charge in [-0.2, -0.15) is 0 Å². The molecule has 1 unspecified atom stereocenters. The number of hydrogen-bond donors (Lipinski definition) is 0. The minimum atomic E-state index is -0.387. The third kappa shape index (κ3) is 3.77. The molecule has 0 saturated heterocycles. The quantitative estimate of drug-likeness (QED) is 0.759. The first-order valence-corrected chi connectivity index (χ1v) is 6.10. The first-order chi connectivity index (χ1) is 8.08. The molecular weight excluding hydrogens is 214 g/mol. The van der Waals surface area contributed by atoms with Gasteiger partial charge in [-0.15, -0.1) is 0 Å². The summed E-state index contributed by atoms with van der Waals surface area (Å²) in [5.41, 5.74) is 1.13. The molecule has 0 radical (unpaired) electrons. The molecular formula is C14H21NO2. The number of nitrogens with zero attached hydrogens (tertiary/aromatic N) is 1. The molecule has 3 heteroatoms. The summed E-state index contributed by atoms with van der Waals surface area (Å²) >= 11 is 0. The molecule has 0 spiro atoms. The number of hydrogen-bond acceptors (Lipinski definition) is 3. The van der Waals surface area contributed by atoms with Gasteiger partial charge in [-0.1, -0.05) is 6.07 Å². The Labute approximate surface area is 103 Å². The Morgan fingerprint density at radius 1 is 1.35 bits per heavy atom. The fourth-order valence-electron chi connectivity index (χ4n) is 1.63. The molecule has 0 bridgehead atoms. The average molecular weight is 235 g/mol. The van der Waals surface area contributed by atoms with Crippen LogP contribution in [0.4, 0.5) is 5.69 Å². The molecule has 0 amide bonds. The van der Waals surface area contributed by atoms with Gasteiger partial charge < -0.3 is 9.64 Å². The van der Waals surface area contributed by atoms with Gasteiger partial charge in [0.2, 0.25) is 0 Å². The van der Waals surface area contributed by atoms with E-state index in [0.29, 0.717) is 0 Å². The Bertz CT molecular complexity index is 372. The molecule has 1 atom stereocenters. The maximum atomic E-state index is 11.1. The van der Waals surface area contributed by atoms with Crippen LogP contribution in [0, 0.1) is 0 Å². The van der Waals surface area contributed by atoms with Crippen LogP contribution in [0.15, 0.2) is 24.3 Å². The second kappa shape index (κ2) is 6.28. The summed E-state index contributed by atoms with van der Waals surface area (Å²) < 4.78 is 5.58. The van der Waals surface area contributed by atoms with Crippen molar-refractivity contribution in [1.82, 2.24) is 0 Å². The fraction of sp³-hybridized carbons (Fsp3) is 0.500. The highest BCUT2D eigenvalue weighted by Crippen LogP contribution is 2.21. The number of ether oxygens (including phenoxy) is 1. The predicted octanol–water partition coefficient (Wildman–Crippen LogP) is 2.89. The first kappa shape index (κ1) is 13.6. The zero-order chi connectivity index (χ0) is 12.8. The number of ketones is 1. The minimum absolute atomic E-state index is 0.0400. The topological polar surface area (TPSA) is 29.5 Å². The second-order valence-corrected chi connectivity index (χ2v) is 4.04. The summed E-state index contributed by atoms with van der Waals surface area (Å²) in [6.07, 6.45) is -0.387. The van der Waals surface area contributed by atoms with E-state index in [2.05, 4.69) is 24.8 Å². The average Bonchev–Trinajstić information content (AvgIpc) is 2.31. The fourth-order valence-corrected chi connectivity index (χ4v) is 1.63. The molecule has 0 aliphatic rings. The van der Waals surface area contributed by atoms with E-state index in [1.165, 1.54) is 0 Å². The van der Waals surface area contributed by atoms with Crippen LogP contribution in [0.2, 0.25) is 0 Å². The third-order valence-electron chi connectivity index (χ3n) is 2.83. The largest absolute Gasteiger partial charge is 0.483 e. The van der Waals surface area contributed by atoms with Gasteiger partial charge in [-0.3, -0.25) is 4.79 Å². The number of carbonyl (C=O) groups excluding carboxylic acids is 1. The van der Waals surface area contributed by atoms with Gasteiger partial charge in [0, 0.05) is 24.8 Å². The molecule has 94 valence electrons. The molecule has 0 aliphatic carbocycles. The predicted molar refractivity (Wildman–Crippen MR) is 70.8 cm³/mol. The maximum absolute atomic E-state index is 11.1. The van der Waals surface area contributed by atoms with Gasteiger partial charge in [0.05, 0.1) is 0 Å². The molecule has 1 aromatic carbocycles. The van der Waals surface area contributed by atoms with Gasteiger partial charge in [0.1, 0.15) is 5.75 Å². The molecule has 1 aromatic rings. The van der Waals surface area contributed by atoms with Crippen molar-refractivity contribution in [2.24, 2.45) is 0 Å². The van der Waals surface area contributed by atoms with E-state index in [4.69, 9.17) is 4.74 Å². The molecule has 1 rings (SSSR count). The number of Topliss-reactive ketones (excluding diaryl/α,β-unsaturated/α-hetero) is 1. The van der Waals surface area contributed by atoms with Crippen LogP contribution in [-0.4, -0.2) is 25.0 Å². The highest BCUT2D eigenvalue weighted by atomic mass is 16.5. The van der Waals surface area contributed by atoms with Crippen molar-refractivity contribution in [3.63, 3.8) is 0 Å². The van der Waals surface area contributed by atoms with E-state index in [0.717, 1.165) is 24.5 Å². The van der Waals surface area contributed by atoms with Gasteiger partial charge in [0.25, 0.3) is 0 Å². The summed E-state index contributed by atoms with van der Waals surface area (Å²) in [5.74, 6) is 0.787. The van der Waals surface area contributed by atoms with Crippen molar-refractivity contribution < 1.29 is 9.53 Å². The lowest BCUT2D eigenvalue weighted by atomic mass is 10.2. The van der Waals surface area contributed by atoms with Gasteiger partial charge >= 0.3 is 0 Å². The summed E-state index contributed by atoms with van der Waals surface area (Å²) in [6, 6.07) is 7.87. The zero-order valence-corrected chi connectivity index (χ0v) is 11.1. The molecule has 0 aromatic heterocycles. The lowest BCUT2D eigenvalue weighted by Gasteiger charge is -2.22. The Kier molecular flexibility index (Phi) is 5.01. The van der Waals surface area contributed by atoms with E-state index < -0.39 is 0 Å². The first-order valence-electron chi connectivity index (χ1n) is 6.10. The summed E-state index contributed by atoms with van der Waals surface area (Å²) in [4.78, 5) is 13.4. The normalized spacial score (nSPS) is 12.0. The number of rotatable bonds is 6. The minimum Gasteiger partial charge on any atom is -0.483 e. The Morgan fingerprint density at radius 2 is 2.00 bits per heavy atom. The second-order valence-electron chi connectivity index (χ2n) is 4.04. The van der Waals surface area contributed by atoms with Crippen LogP contribution in [0.5, 0.6) is 5.75 Å². The van der Waals surface area contributed by atoms with Gasteiger partial charge in [-0.05, 0) is 39.8 Å². The Hall–Kier alpha value is -1.51. The highest BCUT2D eigenvalue weighted by Gasteiger charge is 2.10. The van der Waals surface area contributed by atoms with Gasteiger partial charge in [-0.25, -0.2) is 0 Å². The summed E-state index contributed by atoms with van der Waals surface area (Å²) in [6.45, 7) is 9.47. The van der Waals surface area contributed by atoms with Crippen molar-refractivity contribution in [3.05, 3.63) is 24.3 Å². The van der Waals surface area contributed by atoms with Crippen molar-refractivity contribution in [1.29, 1.82) is 0 Å². The van der Waals surface area contributed by atoms with Crippen LogP contribution < -0.4 is 9.64 Å². The van der Waals surface area contributed by atoms with Crippen molar-refractivity contribution in [2.75, 3.05) is 18.0 Å². The van der Waals surface area contributed by atoms with E-state index in [-0.39, 0.29) is 11.9 Å². The van der Waals surface area contributed by atoms with Crippen LogP contribution in [-0.2, 0) is 4.79 Å². The van der Waals surface area contributed by atoms with Crippen LogP contribution in [0.1, 0.15) is 27.7 Å². The molecule has 17 heavy (non-hydrogen) atoms. The standard InChI is InChI=1S/C14H21NO2/c1-5-15(6-2)13-8-7-9-14(10-13)17-12(4)11(3)16/h7-10,12H,5-6H2,1-4H3. The third-order valence-corrected chi connectivity index (χ3v) is 2.83. The number of benzene rings is 1. The van der Waals surface area contributed by atoms with Crippen LogP contribution in [0.25, 0.3) is 0 Å². The molecule has 0 saturated carbocycles. The zero-order valence-electron chi connectivity index (χ0n) is 11.1. The van der Waals surface area contributed by atoms with E-state index in [9.17, 15) is 4.79 Å². The highest BCUT2D eigenvalue weighted by molar-refractivity contribution is 5.80. The lowest BCUT2D eigenvalue weighted by Crippen LogP contribution is -2.23. The van der Waals surface area contributed by atoms with Crippen LogP contribution >= 0.6 is 0 Å². The Balaban J connectivity index is 2.82. The SMILES string of the molecule is CCN(CC)c1cccc(OC(C)C(C)=O)c1. The molecule has 0 heterocycles. The van der Waals surface area contributed by atoms with Crippen LogP contribution in [0.3, 0.4) is 0 Å². The summed E-state index contributed by atoms with van der Waals surface area (Å²) in [7, 11) is 0. The van der Waals surface area contributed by atoms with E-state index in [1.807, 2.05) is 18.2 Å². The van der Waals surface area contributed by atoms with Crippen molar-refractivity contribution in [3.8, 4) is 5.75 Å². The lowest BCUT2D eigenvalue weighted by molar-refractivity contribution is -0.122. The smallest absolute Gasteiger partial charge is 0.169 e. The Morgan fingerprint density at radius 3 is 2.53 bits per heavy atom. The molecule has 0 fully saturated rings. The summed E-state index contributed by atoms with van der Waals surface area (Å²) in [5, 5.41) is 0.